The van der Waals surface area contributed by atoms with Crippen molar-refractivity contribution >= 4 is 22.7 Å². The zero-order valence-corrected chi connectivity index (χ0v) is 12.7. The molecule has 0 bridgehead atoms. The summed E-state index contributed by atoms with van der Waals surface area (Å²) in [5.74, 6) is 0.841. The van der Waals surface area contributed by atoms with Crippen molar-refractivity contribution in [2.75, 3.05) is 30.0 Å². The molecule has 4 heteroatoms. The van der Waals surface area contributed by atoms with Gasteiger partial charge >= 0.3 is 0 Å². The van der Waals surface area contributed by atoms with Crippen molar-refractivity contribution in [2.24, 2.45) is 0 Å². The molecule has 0 saturated carbocycles. The maximum Gasteiger partial charge on any atom is 0.136 e. The van der Waals surface area contributed by atoms with Gasteiger partial charge < -0.3 is 20.4 Å². The van der Waals surface area contributed by atoms with Gasteiger partial charge in [0, 0.05) is 31.0 Å². The number of nitrogens with one attached hydrogen (secondary N) is 1. The first-order valence-corrected chi connectivity index (χ1v) is 7.12. The first-order chi connectivity index (χ1) is 10.6. The van der Waals surface area contributed by atoms with Gasteiger partial charge in [0.15, 0.2) is 0 Å². The third kappa shape index (κ3) is 2.76. The Bertz CT molecular complexity index is 764. The zero-order valence-electron chi connectivity index (χ0n) is 12.7. The molecule has 3 aromatic rings. The van der Waals surface area contributed by atoms with Crippen LogP contribution in [0.4, 0.5) is 22.7 Å². The molecule has 3 rings (SSSR count). The number of para-hydroxylation sites is 2. The van der Waals surface area contributed by atoms with E-state index in [0.29, 0.717) is 0 Å². The molecule has 0 atom stereocenters. The highest BCUT2D eigenvalue weighted by atomic mass is 16.3. The van der Waals surface area contributed by atoms with E-state index < -0.39 is 0 Å². The molecule has 0 unspecified atom stereocenters. The molecule has 22 heavy (non-hydrogen) atoms. The van der Waals surface area contributed by atoms with Gasteiger partial charge in [-0.25, -0.2) is 0 Å². The molecule has 4 nitrogen and oxygen atoms in total. The van der Waals surface area contributed by atoms with Crippen LogP contribution in [-0.2, 0) is 0 Å². The fourth-order valence-electron chi connectivity index (χ4n) is 2.40. The third-order valence-electron chi connectivity index (χ3n) is 3.50. The first-order valence-electron chi connectivity index (χ1n) is 7.12. The zero-order chi connectivity index (χ0) is 15.5. The van der Waals surface area contributed by atoms with Gasteiger partial charge in [-0.2, -0.15) is 0 Å². The van der Waals surface area contributed by atoms with Crippen molar-refractivity contribution in [3.05, 3.63) is 60.9 Å². The number of benzene rings is 2. The summed E-state index contributed by atoms with van der Waals surface area (Å²) in [6.07, 6.45) is 1.68. The maximum absolute atomic E-state index is 5.99. The molecule has 0 fully saturated rings. The minimum atomic E-state index is 0.721. The van der Waals surface area contributed by atoms with Crippen LogP contribution in [0.25, 0.3) is 11.3 Å². The predicted molar refractivity (Wildman–Crippen MR) is 92.6 cm³/mol. The lowest BCUT2D eigenvalue weighted by molar-refractivity contribution is 0.582. The highest BCUT2D eigenvalue weighted by molar-refractivity contribution is 5.81. The van der Waals surface area contributed by atoms with E-state index >= 15 is 0 Å². The highest BCUT2D eigenvalue weighted by Gasteiger charge is 2.11. The Morgan fingerprint density at radius 3 is 2.50 bits per heavy atom. The third-order valence-corrected chi connectivity index (χ3v) is 3.50. The van der Waals surface area contributed by atoms with Crippen LogP contribution in [0.3, 0.4) is 0 Å². The Kier molecular flexibility index (Phi) is 3.74. The molecule has 0 aliphatic heterocycles. The van der Waals surface area contributed by atoms with Gasteiger partial charge in [-0.05, 0) is 42.5 Å². The average molecular weight is 293 g/mol. The minimum absolute atomic E-state index is 0.721. The normalized spacial score (nSPS) is 10.5. The second-order valence-corrected chi connectivity index (χ2v) is 5.32. The standard InChI is InChI=1S/C18H19N3O/c1-21(2)17-10-9-13(12-14(17)18-8-5-11-22-18)20-16-7-4-3-6-15(16)19/h3-12,20H,19H2,1-2H3. The van der Waals surface area contributed by atoms with Crippen LogP contribution in [0.2, 0.25) is 0 Å². The van der Waals surface area contributed by atoms with Crippen molar-refractivity contribution in [3.63, 3.8) is 0 Å². The summed E-state index contributed by atoms with van der Waals surface area (Å²) >= 11 is 0. The van der Waals surface area contributed by atoms with E-state index in [1.54, 1.807) is 6.26 Å². The monoisotopic (exact) mass is 293 g/mol. The van der Waals surface area contributed by atoms with E-state index in [4.69, 9.17) is 10.2 Å². The summed E-state index contributed by atoms with van der Waals surface area (Å²) in [5, 5.41) is 3.36. The quantitative estimate of drug-likeness (QED) is 0.703. The molecule has 3 N–H and O–H groups in total. The van der Waals surface area contributed by atoms with Crippen LogP contribution in [0.1, 0.15) is 0 Å². The maximum atomic E-state index is 5.99. The number of nitrogens with zero attached hydrogens (tertiary/aromatic N) is 1. The Hall–Kier alpha value is -2.88. The van der Waals surface area contributed by atoms with Crippen molar-refractivity contribution in [2.45, 2.75) is 0 Å². The van der Waals surface area contributed by atoms with Crippen molar-refractivity contribution in [1.82, 2.24) is 0 Å². The van der Waals surface area contributed by atoms with Crippen molar-refractivity contribution in [3.8, 4) is 11.3 Å². The van der Waals surface area contributed by atoms with Gasteiger partial charge in [-0.1, -0.05) is 12.1 Å². The Morgan fingerprint density at radius 1 is 1.00 bits per heavy atom. The molecule has 0 amide bonds. The lowest BCUT2D eigenvalue weighted by Crippen LogP contribution is -2.10. The van der Waals surface area contributed by atoms with E-state index in [2.05, 4.69) is 22.3 Å². The number of hydrogen-bond donors (Lipinski definition) is 2. The molecule has 2 aromatic carbocycles. The van der Waals surface area contributed by atoms with Crippen molar-refractivity contribution in [1.29, 1.82) is 0 Å². The first kappa shape index (κ1) is 14.1. The molecule has 0 aliphatic carbocycles. The van der Waals surface area contributed by atoms with Crippen LogP contribution in [0, 0.1) is 0 Å². The number of anilines is 4. The summed E-state index contributed by atoms with van der Waals surface area (Å²) in [6, 6.07) is 17.7. The smallest absolute Gasteiger partial charge is 0.136 e. The topological polar surface area (TPSA) is 54.4 Å². The highest BCUT2D eigenvalue weighted by Crippen LogP contribution is 2.34. The average Bonchev–Trinajstić information content (AvgIpc) is 3.03. The lowest BCUT2D eigenvalue weighted by atomic mass is 10.1. The summed E-state index contributed by atoms with van der Waals surface area (Å²) in [6.45, 7) is 0. The van der Waals surface area contributed by atoms with E-state index in [-0.39, 0.29) is 0 Å². The number of furan rings is 1. The second-order valence-electron chi connectivity index (χ2n) is 5.32. The molecule has 0 saturated heterocycles. The molecule has 1 heterocycles. The molecule has 0 aliphatic rings. The van der Waals surface area contributed by atoms with Crippen LogP contribution < -0.4 is 16.0 Å². The van der Waals surface area contributed by atoms with Gasteiger partial charge in [0.2, 0.25) is 0 Å². The van der Waals surface area contributed by atoms with Gasteiger partial charge in [-0.15, -0.1) is 0 Å². The van der Waals surface area contributed by atoms with Gasteiger partial charge in [-0.3, -0.25) is 0 Å². The summed E-state index contributed by atoms with van der Waals surface area (Å²) in [4.78, 5) is 2.07. The van der Waals surface area contributed by atoms with E-state index in [9.17, 15) is 0 Å². The van der Waals surface area contributed by atoms with E-state index in [1.807, 2.05) is 56.6 Å². The minimum Gasteiger partial charge on any atom is -0.464 e. The number of nitrogens with two attached hydrogens (primary N) is 1. The van der Waals surface area contributed by atoms with E-state index in [1.165, 1.54) is 0 Å². The number of rotatable bonds is 4. The Morgan fingerprint density at radius 2 is 1.82 bits per heavy atom. The van der Waals surface area contributed by atoms with Gasteiger partial charge in [0.25, 0.3) is 0 Å². The summed E-state index contributed by atoms with van der Waals surface area (Å²) in [5.41, 5.74) is 10.7. The number of nitrogen functional groups attached to an aromatic ring is 1. The fraction of sp³-hybridized carbons (Fsp3) is 0.111. The van der Waals surface area contributed by atoms with Crippen LogP contribution in [0.15, 0.2) is 65.3 Å². The number of hydrogen-bond acceptors (Lipinski definition) is 4. The second kappa shape index (κ2) is 5.85. The predicted octanol–water partition coefficient (Wildman–Crippen LogP) is 4.34. The molecule has 0 spiro atoms. The summed E-state index contributed by atoms with van der Waals surface area (Å²) < 4.78 is 5.56. The Balaban J connectivity index is 2.00. The SMILES string of the molecule is CN(C)c1ccc(Nc2ccccc2N)cc1-c1ccco1. The largest absolute Gasteiger partial charge is 0.464 e. The van der Waals surface area contributed by atoms with Gasteiger partial charge in [0.05, 0.1) is 17.6 Å². The van der Waals surface area contributed by atoms with Crippen LogP contribution in [0.5, 0.6) is 0 Å². The van der Waals surface area contributed by atoms with Gasteiger partial charge in [0.1, 0.15) is 5.76 Å². The van der Waals surface area contributed by atoms with Crippen LogP contribution in [-0.4, -0.2) is 14.1 Å². The summed E-state index contributed by atoms with van der Waals surface area (Å²) in [7, 11) is 4.04. The molecular weight excluding hydrogens is 274 g/mol. The lowest BCUT2D eigenvalue weighted by Gasteiger charge is -2.18. The molecule has 112 valence electrons. The van der Waals surface area contributed by atoms with E-state index in [0.717, 1.165) is 34.1 Å². The fourth-order valence-corrected chi connectivity index (χ4v) is 2.40. The van der Waals surface area contributed by atoms with Crippen LogP contribution >= 0.6 is 0 Å². The molecular formula is C18H19N3O. The Labute approximate surface area is 130 Å². The molecule has 0 radical (unpaired) electrons. The molecule has 1 aromatic heterocycles. The van der Waals surface area contributed by atoms with Crippen molar-refractivity contribution < 1.29 is 4.42 Å².